The number of alkyl carbamates (subject to hydrolysis) is 1. The van der Waals surface area contributed by atoms with Crippen LogP contribution in [0.4, 0.5) is 4.79 Å². The molecule has 2 aliphatic heterocycles. The van der Waals surface area contributed by atoms with Crippen molar-refractivity contribution in [1.82, 2.24) is 10.4 Å². The second-order valence-corrected chi connectivity index (χ2v) is 12.6. The second-order valence-electron chi connectivity index (χ2n) is 7.08. The molecule has 3 atom stereocenters. The van der Waals surface area contributed by atoms with E-state index in [0.29, 0.717) is 5.06 Å². The van der Waals surface area contributed by atoms with Crippen molar-refractivity contribution in [1.29, 1.82) is 0 Å². The number of hydroxylamine groups is 2. The Morgan fingerprint density at radius 3 is 2.46 bits per heavy atom. The molecule has 2 rings (SSSR count). The van der Waals surface area contributed by atoms with E-state index in [0.717, 1.165) is 0 Å². The van der Waals surface area contributed by atoms with Gasteiger partial charge in [-0.05, 0) is 6.92 Å². The quantitative estimate of drug-likeness (QED) is 0.366. The third-order valence-corrected chi connectivity index (χ3v) is 6.82. The van der Waals surface area contributed by atoms with Crippen molar-refractivity contribution in [3.05, 3.63) is 0 Å². The number of esters is 1. The summed E-state index contributed by atoms with van der Waals surface area (Å²) in [5.41, 5.74) is -2.59. The number of ether oxygens (including phenoxy) is 2. The molecule has 1 N–H and O–H groups in total. The molecular formula is C14H21N2NaO8Si. The van der Waals surface area contributed by atoms with Crippen molar-refractivity contribution in [2.75, 3.05) is 6.61 Å². The molecular weight excluding hydrogens is 375 g/mol. The first-order chi connectivity index (χ1) is 11.5. The first-order valence-corrected chi connectivity index (χ1v) is 11.4. The number of nitrogens with one attached hydrogen (secondary N) is 1. The van der Waals surface area contributed by atoms with Gasteiger partial charge >= 0.3 is 41.6 Å². The fourth-order valence-corrected chi connectivity index (χ4v) is 2.72. The molecule has 2 amide bonds. The molecule has 0 bridgehead atoms. The molecule has 12 heteroatoms. The minimum Gasteiger partial charge on any atom is -0.544 e. The van der Waals surface area contributed by atoms with Crippen LogP contribution >= 0.6 is 0 Å². The molecule has 26 heavy (non-hydrogen) atoms. The number of carboxylic acids is 1. The monoisotopic (exact) mass is 396 g/mol. The number of hydrogen-bond donors (Lipinski definition) is 1. The molecule has 0 radical (unpaired) electrons. The van der Waals surface area contributed by atoms with Crippen LogP contribution < -0.4 is 40.0 Å². The number of carbonyl (C=O) groups excluding carboxylic acids is 4. The Balaban J connectivity index is 0.00000338. The number of amides is 2. The Bertz CT molecular complexity index is 610. The molecule has 0 saturated carbocycles. The number of carboxylic acid groups (broad SMARTS) is 1. The zero-order chi connectivity index (χ0) is 19.0. The second kappa shape index (κ2) is 8.25. The van der Waals surface area contributed by atoms with Gasteiger partial charge in [-0.1, -0.05) is 19.6 Å². The smallest absolute Gasteiger partial charge is 0.544 e. The van der Waals surface area contributed by atoms with E-state index in [-0.39, 0.29) is 54.7 Å². The normalized spacial score (nSPS) is 26.8. The summed E-state index contributed by atoms with van der Waals surface area (Å²) >= 11 is 0. The molecule has 140 valence electrons. The van der Waals surface area contributed by atoms with Crippen LogP contribution in [0.15, 0.2) is 0 Å². The van der Waals surface area contributed by atoms with E-state index in [9.17, 15) is 24.3 Å². The minimum absolute atomic E-state index is 0. The van der Waals surface area contributed by atoms with Crippen molar-refractivity contribution < 1.29 is 68.2 Å². The largest absolute Gasteiger partial charge is 1.00 e. The summed E-state index contributed by atoms with van der Waals surface area (Å²) in [6.07, 6.45) is -1.27. The maximum absolute atomic E-state index is 12.4. The first kappa shape index (κ1) is 22.9. The summed E-state index contributed by atoms with van der Waals surface area (Å²) in [5, 5.41) is 14.2. The fraction of sp³-hybridized carbons (Fsp3) is 0.714. The third-order valence-electron chi connectivity index (χ3n) is 4.26. The van der Waals surface area contributed by atoms with Gasteiger partial charge in [-0.15, -0.1) is 0 Å². The van der Waals surface area contributed by atoms with E-state index in [1.54, 1.807) is 6.92 Å². The van der Waals surface area contributed by atoms with Crippen molar-refractivity contribution in [2.45, 2.75) is 56.9 Å². The first-order valence-electron chi connectivity index (χ1n) is 7.85. The van der Waals surface area contributed by atoms with Crippen LogP contribution in [0.2, 0.25) is 19.6 Å². The topological polar surface area (TPSA) is 134 Å². The average molecular weight is 396 g/mol. The van der Waals surface area contributed by atoms with Gasteiger partial charge in [-0.25, -0.2) is 4.79 Å². The Hall–Kier alpha value is -1.14. The fourth-order valence-electron chi connectivity index (χ4n) is 2.26. The zero-order valence-electron chi connectivity index (χ0n) is 15.5. The minimum atomic E-state index is -2.31. The van der Waals surface area contributed by atoms with Gasteiger partial charge < -0.3 is 24.7 Å². The Labute approximate surface area is 173 Å². The van der Waals surface area contributed by atoms with Crippen LogP contribution in [0.25, 0.3) is 0 Å². The van der Waals surface area contributed by atoms with Gasteiger partial charge in [-0.2, -0.15) is 5.06 Å². The number of cyclic esters (lactones) is 1. The summed E-state index contributed by atoms with van der Waals surface area (Å²) in [6.45, 7) is 7.54. The van der Waals surface area contributed by atoms with E-state index in [4.69, 9.17) is 14.3 Å². The molecule has 0 aromatic carbocycles. The van der Waals surface area contributed by atoms with E-state index in [2.05, 4.69) is 5.32 Å². The van der Waals surface area contributed by atoms with E-state index < -0.39 is 43.8 Å². The Morgan fingerprint density at radius 1 is 1.38 bits per heavy atom. The van der Waals surface area contributed by atoms with Crippen LogP contribution in [0.3, 0.4) is 0 Å². The van der Waals surface area contributed by atoms with E-state index in [1.807, 2.05) is 19.6 Å². The third kappa shape index (κ3) is 4.57. The van der Waals surface area contributed by atoms with Gasteiger partial charge in [0, 0.05) is 6.42 Å². The molecule has 2 saturated heterocycles. The van der Waals surface area contributed by atoms with Gasteiger partial charge in [0.1, 0.15) is 18.6 Å². The molecule has 0 aromatic heterocycles. The van der Waals surface area contributed by atoms with Crippen LogP contribution in [-0.4, -0.2) is 61.2 Å². The molecule has 2 fully saturated rings. The van der Waals surface area contributed by atoms with Crippen LogP contribution in [0.5, 0.6) is 0 Å². The van der Waals surface area contributed by atoms with Crippen molar-refractivity contribution in [3.63, 3.8) is 0 Å². The average Bonchev–Trinajstić information content (AvgIpc) is 3.03. The maximum atomic E-state index is 12.4. The van der Waals surface area contributed by atoms with Crippen LogP contribution in [-0.2, 0) is 28.7 Å². The molecule has 1 unspecified atom stereocenters. The van der Waals surface area contributed by atoms with Crippen molar-refractivity contribution in [2.24, 2.45) is 0 Å². The molecule has 10 nitrogen and oxygen atoms in total. The predicted molar refractivity (Wildman–Crippen MR) is 82.1 cm³/mol. The molecule has 2 heterocycles. The number of carbonyl (C=O) groups is 4. The zero-order valence-corrected chi connectivity index (χ0v) is 18.5. The maximum Gasteiger partial charge on any atom is 1.00 e. The SMILES string of the molecule is C[C@@H](OC(=O)N[C@H]1CON(C2(C(=O)[O-])CCC(=O)O2)C1=O)[Si](C)(C)C.[Na+]. The van der Waals surface area contributed by atoms with E-state index >= 15 is 0 Å². The summed E-state index contributed by atoms with van der Waals surface area (Å²) in [7, 11) is -1.72. The van der Waals surface area contributed by atoms with Crippen LogP contribution in [0.1, 0.15) is 19.8 Å². The summed E-state index contributed by atoms with van der Waals surface area (Å²) < 4.78 is 10.0. The molecule has 0 aromatic rings. The van der Waals surface area contributed by atoms with Crippen molar-refractivity contribution in [3.8, 4) is 0 Å². The van der Waals surface area contributed by atoms with Gasteiger partial charge in [0.2, 0.25) is 0 Å². The summed E-state index contributed by atoms with van der Waals surface area (Å²) in [6, 6.07) is -1.14. The summed E-state index contributed by atoms with van der Waals surface area (Å²) in [4.78, 5) is 52.1. The summed E-state index contributed by atoms with van der Waals surface area (Å²) in [5.74, 6) is -3.39. The van der Waals surface area contributed by atoms with Crippen LogP contribution in [0, 0.1) is 0 Å². The number of rotatable bonds is 5. The van der Waals surface area contributed by atoms with Gasteiger partial charge in [0.15, 0.2) is 0 Å². The van der Waals surface area contributed by atoms with Crippen molar-refractivity contribution >= 4 is 32.0 Å². The Kier molecular flexibility index (Phi) is 7.27. The number of nitrogens with zero attached hydrogens (tertiary/aromatic N) is 1. The Morgan fingerprint density at radius 2 is 2.00 bits per heavy atom. The molecule has 0 spiro atoms. The molecule has 0 aliphatic carbocycles. The van der Waals surface area contributed by atoms with E-state index in [1.165, 1.54) is 0 Å². The van der Waals surface area contributed by atoms with Gasteiger partial charge in [0.05, 0.1) is 20.2 Å². The standard InChI is InChI=1S/C14H22N2O8Si.Na/c1-8(25(2,3)4)23-13(21)15-9-7-22-16(11(9)18)14(12(19)20)6-5-10(17)24-14;/h8-9H,5-7H2,1-4H3,(H,15,21)(H,19,20);/q;+1/p-1/t8-,9-,14?;/m0./s1. The number of hydrogen-bond acceptors (Lipinski definition) is 8. The van der Waals surface area contributed by atoms with Gasteiger partial charge in [0.25, 0.3) is 11.6 Å². The number of aliphatic carboxylic acids is 1. The predicted octanol–water partition coefficient (Wildman–Crippen LogP) is -4.09. The van der Waals surface area contributed by atoms with Gasteiger partial charge in [-0.3, -0.25) is 14.4 Å². The molecule has 2 aliphatic rings.